The van der Waals surface area contributed by atoms with Crippen molar-refractivity contribution >= 4 is 81.3 Å². The van der Waals surface area contributed by atoms with Gasteiger partial charge in [0, 0.05) is 6.92 Å². The van der Waals surface area contributed by atoms with Crippen molar-refractivity contribution in [2.45, 2.75) is 34.2 Å². The van der Waals surface area contributed by atoms with Crippen molar-refractivity contribution in [2.24, 2.45) is 0 Å². The number of halogens is 4. The molecule has 3 atom stereocenters. The Morgan fingerprint density at radius 2 is 1.83 bits per heavy atom. The summed E-state index contributed by atoms with van der Waals surface area (Å²) in [5, 5.41) is 0.485. The predicted octanol–water partition coefficient (Wildman–Crippen LogP) is 3.21. The van der Waals surface area contributed by atoms with Gasteiger partial charge in [0.05, 0.1) is 0 Å². The van der Waals surface area contributed by atoms with Crippen LogP contribution in [0.1, 0.15) is 12.5 Å². The molecule has 1 heterocycles. The molecule has 1 aliphatic heterocycles. The summed E-state index contributed by atoms with van der Waals surface area (Å²) in [7, 11) is 0. The zero-order valence-electron chi connectivity index (χ0n) is 15.3. The molecule has 0 aliphatic carbocycles. The van der Waals surface area contributed by atoms with E-state index < -0.39 is 50.4 Å². The Labute approximate surface area is 196 Å². The van der Waals surface area contributed by atoms with Gasteiger partial charge in [0.15, 0.2) is 0 Å². The highest BCUT2D eigenvalue weighted by Gasteiger charge is 2.54. The summed E-state index contributed by atoms with van der Waals surface area (Å²) in [4.78, 5) is 49.0. The van der Waals surface area contributed by atoms with Gasteiger partial charge in [-0.15, -0.1) is 0 Å². The van der Waals surface area contributed by atoms with Gasteiger partial charge in [-0.05, 0) is 17.3 Å². The highest BCUT2D eigenvalue weighted by atomic mass is 35.6. The minimum Gasteiger partial charge on any atom is -0.458 e. The van der Waals surface area contributed by atoms with Gasteiger partial charge in [-0.1, -0.05) is 76.7 Å². The van der Waals surface area contributed by atoms with E-state index in [1.807, 2.05) is 0 Å². The van der Waals surface area contributed by atoms with Crippen LogP contribution in [0.3, 0.4) is 0 Å². The van der Waals surface area contributed by atoms with E-state index in [4.69, 9.17) is 55.9 Å². The van der Waals surface area contributed by atoms with E-state index in [-0.39, 0.29) is 6.61 Å². The van der Waals surface area contributed by atoms with E-state index >= 15 is 0 Å². The Bertz CT molecular complexity index is 807. The number of hydrogen-bond acceptors (Lipinski definition) is 7. The normalized spacial score (nSPS) is 19.5. The minimum absolute atomic E-state index is 0.0524. The molecule has 1 fully saturated rings. The summed E-state index contributed by atoms with van der Waals surface area (Å²) in [6, 6.07) is 7.76. The third-order valence-corrected chi connectivity index (χ3v) is 5.44. The maximum atomic E-state index is 12.4. The number of nitrogens with zero attached hydrogens (tertiary/aromatic N) is 1. The predicted molar refractivity (Wildman–Crippen MR) is 113 cm³/mol. The second-order valence-corrected chi connectivity index (χ2v) is 10.00. The van der Waals surface area contributed by atoms with Crippen molar-refractivity contribution in [3.63, 3.8) is 0 Å². The number of β-lactam (4-membered cyclic amide) rings is 1. The fourth-order valence-electron chi connectivity index (χ4n) is 2.39. The van der Waals surface area contributed by atoms with Crippen LogP contribution in [0.2, 0.25) is 0 Å². The standard InChI is InChI=1S/C17H16Cl4N2O6S/c1-9(24)22-11-13(25)23(14(11)30-16(27)29-8-17(19,20)21)12(18)15(26)28-7-10-5-3-2-4-6-10/h2-6,11-12,14H,7-8H2,1H3,(H,22,24). The number of carbonyl (C=O) groups is 4. The number of hydrogen-bond donors (Lipinski definition) is 1. The number of esters is 1. The molecule has 13 heteroatoms. The number of thioether (sulfide) groups is 1. The first-order chi connectivity index (χ1) is 14.0. The highest BCUT2D eigenvalue weighted by molar-refractivity contribution is 8.13. The molecule has 1 saturated heterocycles. The van der Waals surface area contributed by atoms with Crippen LogP contribution < -0.4 is 5.32 Å². The van der Waals surface area contributed by atoms with Crippen molar-refractivity contribution in [3.8, 4) is 0 Å². The Morgan fingerprint density at radius 3 is 2.40 bits per heavy atom. The van der Waals surface area contributed by atoms with E-state index in [9.17, 15) is 19.2 Å². The van der Waals surface area contributed by atoms with E-state index in [1.54, 1.807) is 30.3 Å². The average molecular weight is 518 g/mol. The lowest BCUT2D eigenvalue weighted by molar-refractivity contribution is -0.161. The van der Waals surface area contributed by atoms with Crippen molar-refractivity contribution < 1.29 is 28.7 Å². The zero-order chi connectivity index (χ0) is 22.5. The molecule has 164 valence electrons. The van der Waals surface area contributed by atoms with Crippen LogP contribution in [0.4, 0.5) is 4.79 Å². The molecule has 3 unspecified atom stereocenters. The first-order valence-electron chi connectivity index (χ1n) is 8.33. The molecule has 2 amide bonds. The number of nitrogens with one attached hydrogen (secondary N) is 1. The quantitative estimate of drug-likeness (QED) is 0.256. The molecule has 1 aliphatic rings. The third kappa shape index (κ3) is 7.09. The van der Waals surface area contributed by atoms with Gasteiger partial charge in [0.2, 0.25) is 15.2 Å². The monoisotopic (exact) mass is 516 g/mol. The van der Waals surface area contributed by atoms with Crippen LogP contribution in [0, 0.1) is 0 Å². The molecule has 2 rings (SSSR count). The van der Waals surface area contributed by atoms with Crippen LogP contribution in [0.5, 0.6) is 0 Å². The summed E-state index contributed by atoms with van der Waals surface area (Å²) in [6.07, 6.45) is 0. The number of ether oxygens (including phenoxy) is 2. The lowest BCUT2D eigenvalue weighted by atomic mass is 10.1. The van der Waals surface area contributed by atoms with Crippen molar-refractivity contribution in [1.29, 1.82) is 0 Å². The molecular weight excluding hydrogens is 502 g/mol. The highest BCUT2D eigenvalue weighted by Crippen LogP contribution is 2.35. The Morgan fingerprint density at radius 1 is 1.20 bits per heavy atom. The van der Waals surface area contributed by atoms with E-state index in [0.29, 0.717) is 11.8 Å². The molecule has 1 N–H and O–H groups in total. The lowest BCUT2D eigenvalue weighted by Gasteiger charge is -2.47. The number of carbonyl (C=O) groups excluding carboxylic acids is 4. The van der Waals surface area contributed by atoms with Gasteiger partial charge in [-0.2, -0.15) is 0 Å². The molecule has 1 aromatic rings. The van der Waals surface area contributed by atoms with Gasteiger partial charge in [0.1, 0.15) is 24.6 Å². The van der Waals surface area contributed by atoms with E-state index in [1.165, 1.54) is 6.92 Å². The zero-order valence-corrected chi connectivity index (χ0v) is 19.2. The number of benzene rings is 1. The number of alkyl halides is 4. The maximum Gasteiger partial charge on any atom is 0.369 e. The molecule has 0 bridgehead atoms. The molecular formula is C17H16Cl4N2O6S. The molecule has 1 aromatic carbocycles. The molecule has 0 spiro atoms. The van der Waals surface area contributed by atoms with Crippen LogP contribution >= 0.6 is 58.2 Å². The van der Waals surface area contributed by atoms with Gasteiger partial charge in [-0.3, -0.25) is 14.5 Å². The smallest absolute Gasteiger partial charge is 0.369 e. The van der Waals surface area contributed by atoms with E-state index in [0.717, 1.165) is 10.5 Å². The Balaban J connectivity index is 2.03. The van der Waals surface area contributed by atoms with Crippen molar-refractivity contribution in [3.05, 3.63) is 35.9 Å². The van der Waals surface area contributed by atoms with Crippen molar-refractivity contribution in [2.75, 3.05) is 6.61 Å². The maximum absolute atomic E-state index is 12.4. The molecule has 0 saturated carbocycles. The second kappa shape index (κ2) is 10.8. The number of amides is 2. The molecule has 0 aromatic heterocycles. The minimum atomic E-state index is -1.82. The number of likely N-dealkylation sites (tertiary alicyclic amines) is 1. The topological polar surface area (TPSA) is 102 Å². The molecule has 0 radical (unpaired) electrons. The molecule has 30 heavy (non-hydrogen) atoms. The third-order valence-electron chi connectivity index (χ3n) is 3.67. The van der Waals surface area contributed by atoms with Crippen molar-refractivity contribution in [1.82, 2.24) is 10.2 Å². The first-order valence-corrected chi connectivity index (χ1v) is 10.8. The second-order valence-electron chi connectivity index (χ2n) is 6.02. The summed E-state index contributed by atoms with van der Waals surface area (Å²) < 4.78 is 8.12. The van der Waals surface area contributed by atoms with Gasteiger partial charge in [0.25, 0.3) is 5.91 Å². The van der Waals surface area contributed by atoms with Crippen LogP contribution in [-0.2, 0) is 30.5 Å². The largest absolute Gasteiger partial charge is 0.458 e. The molecule has 8 nitrogen and oxygen atoms in total. The summed E-state index contributed by atoms with van der Waals surface area (Å²) in [6.45, 7) is 0.618. The van der Waals surface area contributed by atoms with Crippen LogP contribution in [0.25, 0.3) is 0 Å². The first kappa shape index (κ1) is 24.9. The fraction of sp³-hybridized carbons (Fsp3) is 0.412. The SMILES string of the molecule is CC(=O)NC1C(=O)N(C(Cl)C(=O)OCc2ccccc2)C1SC(=O)OCC(Cl)(Cl)Cl. The number of rotatable bonds is 7. The lowest BCUT2D eigenvalue weighted by Crippen LogP contribution is -2.72. The Kier molecular flexibility index (Phi) is 8.93. The summed E-state index contributed by atoms with van der Waals surface area (Å²) in [5.74, 6) is -2.06. The van der Waals surface area contributed by atoms with Gasteiger partial charge in [-0.25, -0.2) is 9.59 Å². The summed E-state index contributed by atoms with van der Waals surface area (Å²) >= 11 is 23.2. The van der Waals surface area contributed by atoms with Gasteiger partial charge >= 0.3 is 11.3 Å². The van der Waals surface area contributed by atoms with E-state index in [2.05, 4.69) is 5.32 Å². The Hall–Kier alpha value is -1.39. The average Bonchev–Trinajstić information content (AvgIpc) is 2.68. The van der Waals surface area contributed by atoms with Crippen LogP contribution in [0.15, 0.2) is 30.3 Å². The fourth-order valence-corrected chi connectivity index (χ4v) is 3.88. The summed E-state index contributed by atoms with van der Waals surface area (Å²) in [5.41, 5.74) is -0.799. The van der Waals surface area contributed by atoms with Crippen LogP contribution in [-0.4, -0.2) is 55.3 Å². The van der Waals surface area contributed by atoms with Gasteiger partial charge < -0.3 is 14.8 Å².